The van der Waals surface area contributed by atoms with Crippen LogP contribution in [-0.2, 0) is 4.79 Å². The monoisotopic (exact) mass is 566 g/mol. The van der Waals surface area contributed by atoms with Crippen LogP contribution in [0, 0.1) is 0 Å². The number of nitrogen functional groups attached to an aromatic ring is 1. The summed E-state index contributed by atoms with van der Waals surface area (Å²) in [5.41, 5.74) is 7.70. The normalized spacial score (nSPS) is 15.9. The van der Waals surface area contributed by atoms with Gasteiger partial charge >= 0.3 is 5.69 Å². The lowest BCUT2D eigenvalue weighted by Crippen LogP contribution is -2.42. The Kier molecular flexibility index (Phi) is 7.04. The van der Waals surface area contributed by atoms with Crippen LogP contribution in [0.5, 0.6) is 11.6 Å². The number of nitrogens with zero attached hydrogens (tertiary/aromatic N) is 5. The Morgan fingerprint density at radius 3 is 2.73 bits per heavy atom. The van der Waals surface area contributed by atoms with Gasteiger partial charge in [-0.2, -0.15) is 0 Å². The van der Waals surface area contributed by atoms with E-state index in [4.69, 9.17) is 10.5 Å². The van der Waals surface area contributed by atoms with Gasteiger partial charge in [0.25, 0.3) is 0 Å². The maximum atomic E-state index is 13.8. The second kappa shape index (κ2) is 10.6. The topological polar surface area (TPSA) is 108 Å². The number of benzene rings is 1. The van der Waals surface area contributed by atoms with E-state index in [1.165, 1.54) is 16.7 Å². The summed E-state index contributed by atoms with van der Waals surface area (Å²) in [6.45, 7) is 0.188. The third-order valence-corrected chi connectivity index (χ3v) is 6.72. The molecule has 1 aliphatic heterocycles. The number of hydrogen-bond acceptors (Lipinski definition) is 6. The fraction of sp³-hybridized carbons (Fsp3) is 0.231. The van der Waals surface area contributed by atoms with Gasteiger partial charge in [-0.1, -0.05) is 0 Å². The van der Waals surface area contributed by atoms with Crippen molar-refractivity contribution in [3.63, 3.8) is 0 Å². The van der Waals surface area contributed by atoms with Gasteiger partial charge in [0.1, 0.15) is 23.8 Å². The van der Waals surface area contributed by atoms with Crippen LogP contribution in [-0.4, -0.2) is 49.7 Å². The van der Waals surface area contributed by atoms with Crippen LogP contribution in [0.2, 0.25) is 0 Å². The predicted octanol–water partition coefficient (Wildman–Crippen LogP) is 4.41. The Bertz CT molecular complexity index is 1510. The van der Waals surface area contributed by atoms with E-state index in [2.05, 4.69) is 25.9 Å². The van der Waals surface area contributed by atoms with Gasteiger partial charge in [-0.3, -0.25) is 13.9 Å². The molecule has 0 saturated carbocycles. The number of likely N-dealkylation sites (tertiary alicyclic amines) is 1. The number of aromatic nitrogens is 4. The summed E-state index contributed by atoms with van der Waals surface area (Å²) in [4.78, 5) is 36.4. The lowest BCUT2D eigenvalue weighted by Gasteiger charge is -2.32. The van der Waals surface area contributed by atoms with E-state index >= 15 is 0 Å². The number of hydrogen-bond donors (Lipinski definition) is 1. The number of piperidine rings is 1. The molecule has 1 saturated heterocycles. The molecule has 11 heteroatoms. The van der Waals surface area contributed by atoms with Crippen molar-refractivity contribution in [2.75, 3.05) is 25.5 Å². The molecule has 1 fully saturated rings. The predicted molar refractivity (Wildman–Crippen MR) is 142 cm³/mol. The Balaban J connectivity index is 1.51. The van der Waals surface area contributed by atoms with Crippen molar-refractivity contribution in [1.29, 1.82) is 0 Å². The zero-order chi connectivity index (χ0) is 25.9. The minimum Gasteiger partial charge on any atom is -0.439 e. The van der Waals surface area contributed by atoms with Gasteiger partial charge in [-0.15, -0.1) is 0 Å². The zero-order valence-electron chi connectivity index (χ0n) is 19.8. The molecule has 1 atom stereocenters. The first-order valence-corrected chi connectivity index (χ1v) is 12.5. The summed E-state index contributed by atoms with van der Waals surface area (Å²) < 4.78 is 22.4. The average Bonchev–Trinajstić information content (AvgIpc) is 3.22. The van der Waals surface area contributed by atoms with Crippen molar-refractivity contribution in [3.05, 3.63) is 82.0 Å². The largest absolute Gasteiger partial charge is 0.439 e. The van der Waals surface area contributed by atoms with E-state index in [1.807, 2.05) is 6.07 Å². The highest BCUT2D eigenvalue weighted by molar-refractivity contribution is 9.10. The summed E-state index contributed by atoms with van der Waals surface area (Å²) >= 11 is 3.35. The van der Waals surface area contributed by atoms with E-state index in [0.717, 1.165) is 10.9 Å². The number of pyridine rings is 2. The van der Waals surface area contributed by atoms with Gasteiger partial charge in [0, 0.05) is 42.1 Å². The van der Waals surface area contributed by atoms with Crippen LogP contribution >= 0.6 is 15.9 Å². The number of anilines is 1. The number of ether oxygens (including phenoxy) is 1. The number of alkyl halides is 1. The molecule has 0 radical (unpaired) electrons. The number of imidazole rings is 1. The molecule has 2 N–H and O–H groups in total. The molecule has 5 rings (SSSR count). The summed E-state index contributed by atoms with van der Waals surface area (Å²) in [7, 11) is 0. The first kappa shape index (κ1) is 24.7. The molecular weight excluding hydrogens is 543 g/mol. The van der Waals surface area contributed by atoms with E-state index in [1.54, 1.807) is 58.3 Å². The third-order valence-electron chi connectivity index (χ3n) is 6.25. The molecule has 1 aromatic carbocycles. The maximum absolute atomic E-state index is 13.8. The number of halogens is 2. The zero-order valence-corrected chi connectivity index (χ0v) is 21.3. The van der Waals surface area contributed by atoms with Crippen molar-refractivity contribution in [1.82, 2.24) is 24.0 Å². The Morgan fingerprint density at radius 2 is 2.00 bits per heavy atom. The van der Waals surface area contributed by atoms with Gasteiger partial charge in [0.2, 0.25) is 11.8 Å². The second-order valence-electron chi connectivity index (χ2n) is 8.60. The second-order valence-corrected chi connectivity index (χ2v) is 9.52. The smallest absolute Gasteiger partial charge is 0.334 e. The maximum Gasteiger partial charge on any atom is 0.334 e. The summed E-state index contributed by atoms with van der Waals surface area (Å²) in [6, 6.07) is 12.1. The van der Waals surface area contributed by atoms with Gasteiger partial charge in [-0.25, -0.2) is 19.2 Å². The first-order chi connectivity index (χ1) is 18.0. The molecule has 0 aliphatic carbocycles. The van der Waals surface area contributed by atoms with E-state index in [9.17, 15) is 14.0 Å². The van der Waals surface area contributed by atoms with E-state index in [0.29, 0.717) is 47.9 Å². The van der Waals surface area contributed by atoms with Crippen LogP contribution in [0.1, 0.15) is 18.9 Å². The summed E-state index contributed by atoms with van der Waals surface area (Å²) in [6.07, 6.45) is 7.07. The highest BCUT2D eigenvalue weighted by Gasteiger charge is 2.28. The number of carbonyl (C=O) groups is 1. The lowest BCUT2D eigenvalue weighted by molar-refractivity contribution is -0.127. The number of fused-ring (bicyclic) bond motifs is 1. The van der Waals surface area contributed by atoms with Crippen LogP contribution in [0.15, 0.2) is 76.3 Å². The Hall–Kier alpha value is -3.99. The molecule has 37 heavy (non-hydrogen) atoms. The molecule has 1 aliphatic rings. The Morgan fingerprint density at radius 1 is 1.19 bits per heavy atom. The molecule has 0 spiro atoms. The van der Waals surface area contributed by atoms with Gasteiger partial charge in [0.05, 0.1) is 17.2 Å². The fourth-order valence-corrected chi connectivity index (χ4v) is 4.84. The molecule has 9 nitrogen and oxygen atoms in total. The quantitative estimate of drug-likeness (QED) is 0.346. The Labute approximate surface area is 220 Å². The SMILES string of the molecule is Nc1nccc2c1n(-c1ccc(Oc3ccc(Br)cn3)cc1)c(=O)n2C1CCCN(C(=O)/C=C/CF)C1. The van der Waals surface area contributed by atoms with Crippen molar-refractivity contribution in [3.8, 4) is 17.3 Å². The summed E-state index contributed by atoms with van der Waals surface area (Å²) in [5, 5.41) is 0. The number of carbonyl (C=O) groups excluding carboxylic acids is 1. The molecular formula is C26H24BrFN6O3. The standard InChI is InChI=1S/C26H24BrFN6O3/c27-17-5-10-22(31-15-17)37-20-8-6-18(7-9-20)34-24-21(11-13-30-25(24)29)33(26(34)36)19-3-2-14-32(16-19)23(35)4-1-12-28/h1,4-11,13,15,19H,2-3,12,14,16H2,(H2,29,30)/b4-1+. The molecule has 190 valence electrons. The minimum atomic E-state index is -0.703. The molecule has 3 aromatic heterocycles. The van der Waals surface area contributed by atoms with Crippen molar-refractivity contribution in [2.45, 2.75) is 18.9 Å². The number of rotatable bonds is 6. The van der Waals surface area contributed by atoms with E-state index in [-0.39, 0.29) is 23.5 Å². The first-order valence-electron chi connectivity index (χ1n) is 11.7. The van der Waals surface area contributed by atoms with Gasteiger partial charge < -0.3 is 15.4 Å². The molecule has 1 amide bonds. The number of allylic oxidation sites excluding steroid dienone is 1. The van der Waals surface area contributed by atoms with Crippen LogP contribution in [0.4, 0.5) is 10.2 Å². The fourth-order valence-electron chi connectivity index (χ4n) is 4.60. The minimum absolute atomic E-state index is 0.224. The van der Waals surface area contributed by atoms with Gasteiger partial charge in [0.15, 0.2) is 0 Å². The number of amides is 1. The van der Waals surface area contributed by atoms with E-state index < -0.39 is 6.67 Å². The molecule has 1 unspecified atom stereocenters. The molecule has 4 heterocycles. The lowest BCUT2D eigenvalue weighted by atomic mass is 10.1. The number of nitrogens with two attached hydrogens (primary N) is 1. The van der Waals surface area contributed by atoms with Crippen molar-refractivity contribution in [2.24, 2.45) is 0 Å². The van der Waals surface area contributed by atoms with Gasteiger partial charge in [-0.05, 0) is 71.2 Å². The van der Waals surface area contributed by atoms with Crippen LogP contribution in [0.25, 0.3) is 16.7 Å². The van der Waals surface area contributed by atoms with Crippen LogP contribution in [0.3, 0.4) is 0 Å². The molecule has 4 aromatic rings. The highest BCUT2D eigenvalue weighted by Crippen LogP contribution is 2.29. The van der Waals surface area contributed by atoms with Crippen molar-refractivity contribution >= 4 is 38.7 Å². The third kappa shape index (κ3) is 4.99. The summed E-state index contributed by atoms with van der Waals surface area (Å²) in [5.74, 6) is 0.957. The highest BCUT2D eigenvalue weighted by atomic mass is 79.9. The molecule has 0 bridgehead atoms. The average molecular weight is 567 g/mol. The van der Waals surface area contributed by atoms with Crippen molar-refractivity contribution < 1.29 is 13.9 Å². The van der Waals surface area contributed by atoms with Crippen LogP contribution < -0.4 is 16.2 Å².